The van der Waals surface area contributed by atoms with Gasteiger partial charge in [0.2, 0.25) is 0 Å². The summed E-state index contributed by atoms with van der Waals surface area (Å²) in [5, 5.41) is 0. The van der Waals surface area contributed by atoms with Crippen LogP contribution < -0.4 is 5.73 Å². The molecule has 96 valence electrons. The Morgan fingerprint density at radius 3 is 1.94 bits per heavy atom. The Bertz CT molecular complexity index is 266. The van der Waals surface area contributed by atoms with Crippen LogP contribution in [0.1, 0.15) is 51.4 Å². The fraction of sp³-hybridized carbons (Fsp3) is 1.00. The summed E-state index contributed by atoms with van der Waals surface area (Å²) in [7, 11) is 0. The number of nitrogens with two attached hydrogens (primary N) is 1. The van der Waals surface area contributed by atoms with Gasteiger partial charge in [0.05, 0.1) is 0 Å². The summed E-state index contributed by atoms with van der Waals surface area (Å²) in [6.07, 6.45) is 12.4. The summed E-state index contributed by atoms with van der Waals surface area (Å²) < 4.78 is 0. The maximum atomic E-state index is 6.02. The molecule has 4 bridgehead atoms. The molecule has 0 saturated heterocycles. The first-order valence-corrected chi connectivity index (χ1v) is 8.03. The minimum absolute atomic E-state index is 0.887. The summed E-state index contributed by atoms with van der Waals surface area (Å²) in [5.41, 5.74) is 6.02. The van der Waals surface area contributed by atoms with Crippen molar-refractivity contribution in [2.45, 2.75) is 51.4 Å². The van der Waals surface area contributed by atoms with Gasteiger partial charge < -0.3 is 5.73 Å². The number of hydrogen-bond donors (Lipinski definition) is 1. The zero-order valence-corrected chi connectivity index (χ0v) is 11.0. The predicted octanol–water partition coefficient (Wildman–Crippen LogP) is 3.43. The topological polar surface area (TPSA) is 26.0 Å². The van der Waals surface area contributed by atoms with Crippen molar-refractivity contribution in [1.82, 2.24) is 0 Å². The molecular formula is C16H27N. The highest BCUT2D eigenvalue weighted by Gasteiger charge is 2.49. The van der Waals surface area contributed by atoms with Gasteiger partial charge in [0, 0.05) is 0 Å². The summed E-state index contributed by atoms with van der Waals surface area (Å²) in [6, 6.07) is 0. The van der Waals surface area contributed by atoms with E-state index in [9.17, 15) is 0 Å². The Balaban J connectivity index is 1.46. The van der Waals surface area contributed by atoms with Crippen LogP contribution in [0.3, 0.4) is 0 Å². The lowest BCUT2D eigenvalue weighted by molar-refractivity contribution is -0.0463. The molecule has 0 spiro atoms. The van der Waals surface area contributed by atoms with E-state index in [-0.39, 0.29) is 0 Å². The minimum atomic E-state index is 0.887. The summed E-state index contributed by atoms with van der Waals surface area (Å²) in [4.78, 5) is 0. The lowest BCUT2D eigenvalue weighted by Crippen LogP contribution is -2.46. The molecule has 0 amide bonds. The molecule has 5 saturated carbocycles. The molecule has 1 heteroatoms. The fourth-order valence-corrected chi connectivity index (χ4v) is 5.82. The highest BCUT2D eigenvalue weighted by atomic mass is 14.6. The Morgan fingerprint density at radius 1 is 0.882 bits per heavy atom. The van der Waals surface area contributed by atoms with Crippen LogP contribution in [0.15, 0.2) is 0 Å². The largest absolute Gasteiger partial charge is 0.330 e. The normalized spacial score (nSPS) is 49.6. The third kappa shape index (κ3) is 1.85. The Labute approximate surface area is 106 Å². The molecule has 17 heavy (non-hydrogen) atoms. The van der Waals surface area contributed by atoms with E-state index in [1.165, 1.54) is 19.3 Å². The molecule has 1 atom stereocenters. The van der Waals surface area contributed by atoms with Crippen molar-refractivity contribution in [1.29, 1.82) is 0 Å². The molecule has 5 aliphatic carbocycles. The van der Waals surface area contributed by atoms with Gasteiger partial charge in [-0.1, -0.05) is 0 Å². The molecule has 0 radical (unpaired) electrons. The third-order valence-corrected chi connectivity index (χ3v) is 6.59. The molecule has 1 nitrogen and oxygen atoms in total. The van der Waals surface area contributed by atoms with Crippen LogP contribution in [0, 0.1) is 41.4 Å². The SMILES string of the molecule is NCC(CC1C2CC3CC(C2)CC1C3)C1CC1. The van der Waals surface area contributed by atoms with E-state index in [0.29, 0.717) is 0 Å². The van der Waals surface area contributed by atoms with Gasteiger partial charge in [-0.2, -0.15) is 0 Å². The second-order valence-electron chi connectivity index (χ2n) is 7.66. The zero-order valence-electron chi connectivity index (χ0n) is 11.0. The number of hydrogen-bond acceptors (Lipinski definition) is 1. The van der Waals surface area contributed by atoms with Crippen molar-refractivity contribution in [3.63, 3.8) is 0 Å². The molecule has 0 heterocycles. The second kappa shape index (κ2) is 3.98. The average molecular weight is 233 g/mol. The van der Waals surface area contributed by atoms with E-state index < -0.39 is 0 Å². The summed E-state index contributed by atoms with van der Waals surface area (Å²) >= 11 is 0. The maximum absolute atomic E-state index is 6.02. The van der Waals surface area contributed by atoms with Crippen molar-refractivity contribution >= 4 is 0 Å². The van der Waals surface area contributed by atoms with Crippen LogP contribution in [0.4, 0.5) is 0 Å². The Kier molecular flexibility index (Phi) is 2.54. The molecule has 5 aliphatic rings. The van der Waals surface area contributed by atoms with Gasteiger partial charge in [0.1, 0.15) is 0 Å². The molecule has 0 aromatic carbocycles. The first-order valence-electron chi connectivity index (χ1n) is 8.03. The molecule has 0 aliphatic heterocycles. The van der Waals surface area contributed by atoms with Gasteiger partial charge >= 0.3 is 0 Å². The van der Waals surface area contributed by atoms with Crippen molar-refractivity contribution < 1.29 is 0 Å². The average Bonchev–Trinajstić information content (AvgIpc) is 3.12. The van der Waals surface area contributed by atoms with Crippen LogP contribution in [0.2, 0.25) is 0 Å². The first kappa shape index (κ1) is 10.8. The Hall–Kier alpha value is -0.0400. The lowest BCUT2D eigenvalue weighted by Gasteiger charge is -2.55. The smallest absolute Gasteiger partial charge is 0.00461 e. The lowest BCUT2D eigenvalue weighted by atomic mass is 9.50. The zero-order chi connectivity index (χ0) is 11.4. The molecule has 0 aromatic heterocycles. The van der Waals surface area contributed by atoms with Crippen molar-refractivity contribution in [2.24, 2.45) is 47.2 Å². The van der Waals surface area contributed by atoms with E-state index >= 15 is 0 Å². The summed E-state index contributed by atoms with van der Waals surface area (Å²) in [6.45, 7) is 0.966. The van der Waals surface area contributed by atoms with Crippen molar-refractivity contribution in [2.75, 3.05) is 6.54 Å². The van der Waals surface area contributed by atoms with Gasteiger partial charge in [-0.15, -0.1) is 0 Å². The molecule has 5 fully saturated rings. The second-order valence-corrected chi connectivity index (χ2v) is 7.66. The molecule has 1 unspecified atom stereocenters. The quantitative estimate of drug-likeness (QED) is 0.791. The van der Waals surface area contributed by atoms with Gasteiger partial charge in [0.15, 0.2) is 0 Å². The molecule has 2 N–H and O–H groups in total. The van der Waals surface area contributed by atoms with E-state index in [1.54, 1.807) is 32.1 Å². The molecular weight excluding hydrogens is 206 g/mol. The third-order valence-electron chi connectivity index (χ3n) is 6.59. The molecule has 0 aromatic rings. The summed E-state index contributed by atoms with van der Waals surface area (Å²) in [5.74, 6) is 7.47. The van der Waals surface area contributed by atoms with Crippen LogP contribution in [0.5, 0.6) is 0 Å². The maximum Gasteiger partial charge on any atom is -0.00461 e. The van der Waals surface area contributed by atoms with Crippen molar-refractivity contribution in [3.05, 3.63) is 0 Å². The minimum Gasteiger partial charge on any atom is -0.330 e. The van der Waals surface area contributed by atoms with Crippen LogP contribution >= 0.6 is 0 Å². The van der Waals surface area contributed by atoms with E-state index in [4.69, 9.17) is 5.73 Å². The fourth-order valence-electron chi connectivity index (χ4n) is 5.82. The first-order chi connectivity index (χ1) is 8.33. The standard InChI is InChI=1S/C16H27N/c17-9-15(12-1-2-12)8-16-13-4-10-3-11(6-13)7-14(16)5-10/h10-16H,1-9,17H2. The monoisotopic (exact) mass is 233 g/mol. The van der Waals surface area contributed by atoms with Crippen LogP contribution in [0.25, 0.3) is 0 Å². The highest BCUT2D eigenvalue weighted by molar-refractivity contribution is 4.99. The molecule has 5 rings (SSSR count). The van der Waals surface area contributed by atoms with Crippen LogP contribution in [-0.4, -0.2) is 6.54 Å². The van der Waals surface area contributed by atoms with Gasteiger partial charge in [-0.05, 0) is 99.3 Å². The van der Waals surface area contributed by atoms with Crippen LogP contribution in [-0.2, 0) is 0 Å². The predicted molar refractivity (Wildman–Crippen MR) is 70.4 cm³/mol. The van der Waals surface area contributed by atoms with Gasteiger partial charge in [-0.3, -0.25) is 0 Å². The van der Waals surface area contributed by atoms with Gasteiger partial charge in [-0.25, -0.2) is 0 Å². The van der Waals surface area contributed by atoms with E-state index in [0.717, 1.165) is 48.0 Å². The Morgan fingerprint density at radius 2 is 1.47 bits per heavy atom. The van der Waals surface area contributed by atoms with Gasteiger partial charge in [0.25, 0.3) is 0 Å². The van der Waals surface area contributed by atoms with E-state index in [2.05, 4.69) is 0 Å². The van der Waals surface area contributed by atoms with Crippen molar-refractivity contribution in [3.8, 4) is 0 Å². The number of rotatable bonds is 4. The highest BCUT2D eigenvalue weighted by Crippen LogP contribution is 2.58. The van der Waals surface area contributed by atoms with E-state index in [1.807, 2.05) is 0 Å².